The number of anilines is 2. The minimum absolute atomic E-state index is 0.292. The molecule has 1 aromatic heterocycles. The van der Waals surface area contributed by atoms with E-state index in [2.05, 4.69) is 33.2 Å². The van der Waals surface area contributed by atoms with Gasteiger partial charge in [-0.3, -0.25) is 0 Å². The van der Waals surface area contributed by atoms with E-state index in [0.717, 1.165) is 42.9 Å². The molecule has 0 amide bonds. The fraction of sp³-hybridized carbons (Fsp3) is 0.583. The van der Waals surface area contributed by atoms with E-state index < -0.39 is 0 Å². The van der Waals surface area contributed by atoms with Gasteiger partial charge in [0.1, 0.15) is 5.82 Å². The Kier molecular flexibility index (Phi) is 3.89. The molecule has 2 rings (SSSR count). The van der Waals surface area contributed by atoms with Crippen LogP contribution in [0, 0.1) is 5.41 Å². The Morgan fingerprint density at radius 2 is 2.24 bits per heavy atom. The first-order valence-corrected chi connectivity index (χ1v) is 6.61. The van der Waals surface area contributed by atoms with Gasteiger partial charge in [0.25, 0.3) is 0 Å². The molecule has 1 aliphatic heterocycles. The molecule has 1 aromatic rings. The van der Waals surface area contributed by atoms with E-state index >= 15 is 0 Å². The zero-order chi connectivity index (χ0) is 12.3. The van der Waals surface area contributed by atoms with Crippen molar-refractivity contribution in [2.24, 2.45) is 5.41 Å². The third kappa shape index (κ3) is 3.33. The van der Waals surface area contributed by atoms with Gasteiger partial charge in [0.05, 0.1) is 16.4 Å². The van der Waals surface area contributed by atoms with Gasteiger partial charge < -0.3 is 15.8 Å². The lowest BCUT2D eigenvalue weighted by Crippen LogP contribution is -2.33. The van der Waals surface area contributed by atoms with Crippen LogP contribution in [0.5, 0.6) is 0 Å². The monoisotopic (exact) mass is 299 g/mol. The van der Waals surface area contributed by atoms with Gasteiger partial charge in [-0.1, -0.05) is 6.92 Å². The predicted molar refractivity (Wildman–Crippen MR) is 73.0 cm³/mol. The fourth-order valence-electron chi connectivity index (χ4n) is 1.92. The number of halogens is 1. The Labute approximate surface area is 110 Å². The lowest BCUT2D eigenvalue weighted by molar-refractivity contribution is 0.0299. The second kappa shape index (κ2) is 5.23. The van der Waals surface area contributed by atoms with Crippen LogP contribution in [0.3, 0.4) is 0 Å². The molecule has 4 nitrogen and oxygen atoms in total. The molecular weight excluding hydrogens is 282 g/mol. The molecule has 0 aliphatic carbocycles. The summed E-state index contributed by atoms with van der Waals surface area (Å²) < 4.78 is 6.30. The van der Waals surface area contributed by atoms with Crippen LogP contribution >= 0.6 is 15.9 Å². The summed E-state index contributed by atoms with van der Waals surface area (Å²) >= 11 is 3.46. The van der Waals surface area contributed by atoms with Crippen LogP contribution in [-0.2, 0) is 4.74 Å². The first kappa shape index (κ1) is 12.6. The van der Waals surface area contributed by atoms with Crippen molar-refractivity contribution in [3.05, 3.63) is 16.7 Å². The Morgan fingerprint density at radius 3 is 2.88 bits per heavy atom. The van der Waals surface area contributed by atoms with Gasteiger partial charge in [0.15, 0.2) is 0 Å². The number of nitrogens with two attached hydrogens (primary N) is 1. The zero-order valence-electron chi connectivity index (χ0n) is 10.0. The van der Waals surface area contributed by atoms with E-state index in [9.17, 15) is 0 Å². The fourth-order valence-corrected chi connectivity index (χ4v) is 2.43. The maximum Gasteiger partial charge on any atom is 0.140 e. The smallest absolute Gasteiger partial charge is 0.140 e. The number of hydrogen-bond acceptors (Lipinski definition) is 4. The minimum Gasteiger partial charge on any atom is -0.397 e. The molecule has 17 heavy (non-hydrogen) atoms. The second-order valence-corrected chi connectivity index (χ2v) is 5.73. The van der Waals surface area contributed by atoms with Crippen LogP contribution in [0.1, 0.15) is 19.8 Å². The summed E-state index contributed by atoms with van der Waals surface area (Å²) in [4.78, 5) is 4.28. The highest BCUT2D eigenvalue weighted by Gasteiger charge is 2.27. The molecule has 3 N–H and O–H groups in total. The standard InChI is InChI=1S/C12H18BrN3O/c1-12(2-4-17-5-3-12)8-16-11-10(13)6-9(14)7-15-11/h6-7H,2-5,8,14H2,1H3,(H,15,16). The largest absolute Gasteiger partial charge is 0.397 e. The van der Waals surface area contributed by atoms with Crippen LogP contribution in [0.2, 0.25) is 0 Å². The van der Waals surface area contributed by atoms with Crippen LogP contribution < -0.4 is 11.1 Å². The Hall–Kier alpha value is -0.810. The maximum atomic E-state index is 5.66. The summed E-state index contributed by atoms with van der Waals surface area (Å²) in [5, 5.41) is 3.38. The van der Waals surface area contributed by atoms with Crippen LogP contribution in [-0.4, -0.2) is 24.7 Å². The maximum absolute atomic E-state index is 5.66. The highest BCUT2D eigenvalue weighted by Crippen LogP contribution is 2.31. The zero-order valence-corrected chi connectivity index (χ0v) is 11.6. The molecule has 1 saturated heterocycles. The number of rotatable bonds is 3. The summed E-state index contributed by atoms with van der Waals surface area (Å²) in [5.41, 5.74) is 6.61. The van der Waals surface area contributed by atoms with Crippen molar-refractivity contribution in [1.29, 1.82) is 0 Å². The summed E-state index contributed by atoms with van der Waals surface area (Å²) in [6.07, 6.45) is 3.85. The van der Waals surface area contributed by atoms with E-state index in [1.165, 1.54) is 0 Å². The molecule has 2 heterocycles. The van der Waals surface area contributed by atoms with Gasteiger partial charge in [-0.25, -0.2) is 4.98 Å². The van der Waals surface area contributed by atoms with Crippen molar-refractivity contribution in [2.45, 2.75) is 19.8 Å². The molecule has 0 aromatic carbocycles. The molecule has 0 bridgehead atoms. The van der Waals surface area contributed by atoms with Crippen molar-refractivity contribution in [3.8, 4) is 0 Å². The average Bonchev–Trinajstić information content (AvgIpc) is 2.29. The molecule has 5 heteroatoms. The third-order valence-corrected chi connectivity index (χ3v) is 3.85. The van der Waals surface area contributed by atoms with Gasteiger partial charge in [-0.05, 0) is 40.3 Å². The van der Waals surface area contributed by atoms with Crippen molar-refractivity contribution >= 4 is 27.4 Å². The number of pyridine rings is 1. The molecule has 1 aliphatic rings. The number of ether oxygens (including phenoxy) is 1. The third-order valence-electron chi connectivity index (χ3n) is 3.24. The second-order valence-electron chi connectivity index (χ2n) is 4.88. The first-order valence-electron chi connectivity index (χ1n) is 5.82. The van der Waals surface area contributed by atoms with E-state index in [0.29, 0.717) is 11.1 Å². The topological polar surface area (TPSA) is 60.2 Å². The van der Waals surface area contributed by atoms with Crippen molar-refractivity contribution in [3.63, 3.8) is 0 Å². The minimum atomic E-state index is 0.292. The summed E-state index contributed by atoms with van der Waals surface area (Å²) in [6.45, 7) is 4.91. The number of aromatic nitrogens is 1. The summed E-state index contributed by atoms with van der Waals surface area (Å²) in [6, 6.07) is 1.86. The van der Waals surface area contributed by atoms with E-state index in [1.54, 1.807) is 6.20 Å². The molecule has 1 fully saturated rings. The van der Waals surface area contributed by atoms with Gasteiger partial charge in [-0.15, -0.1) is 0 Å². The van der Waals surface area contributed by atoms with E-state index in [1.807, 2.05) is 6.07 Å². The summed E-state index contributed by atoms with van der Waals surface area (Å²) in [7, 11) is 0. The van der Waals surface area contributed by atoms with Crippen molar-refractivity contribution in [1.82, 2.24) is 4.98 Å². The highest BCUT2D eigenvalue weighted by atomic mass is 79.9. The van der Waals surface area contributed by atoms with Crippen LogP contribution in [0.25, 0.3) is 0 Å². The molecule has 94 valence electrons. The molecular formula is C12H18BrN3O. The van der Waals surface area contributed by atoms with E-state index in [4.69, 9.17) is 10.5 Å². The van der Waals surface area contributed by atoms with Crippen molar-refractivity contribution in [2.75, 3.05) is 30.8 Å². The molecule has 0 spiro atoms. The van der Waals surface area contributed by atoms with Gasteiger partial charge >= 0.3 is 0 Å². The van der Waals surface area contributed by atoms with Crippen LogP contribution in [0.15, 0.2) is 16.7 Å². The summed E-state index contributed by atoms with van der Waals surface area (Å²) in [5.74, 6) is 0.854. The highest BCUT2D eigenvalue weighted by molar-refractivity contribution is 9.10. The van der Waals surface area contributed by atoms with Gasteiger partial charge in [0, 0.05) is 19.8 Å². The first-order chi connectivity index (χ1) is 8.09. The van der Waals surface area contributed by atoms with Gasteiger partial charge in [0.2, 0.25) is 0 Å². The number of hydrogen-bond donors (Lipinski definition) is 2. The number of nitrogen functional groups attached to an aromatic ring is 1. The molecule has 0 unspecified atom stereocenters. The Morgan fingerprint density at radius 1 is 1.53 bits per heavy atom. The number of nitrogens with one attached hydrogen (secondary N) is 1. The van der Waals surface area contributed by atoms with Crippen LogP contribution in [0.4, 0.5) is 11.5 Å². The number of nitrogens with zero attached hydrogens (tertiary/aromatic N) is 1. The lowest BCUT2D eigenvalue weighted by Gasteiger charge is -2.33. The normalized spacial score (nSPS) is 18.9. The SMILES string of the molecule is CC1(CNc2ncc(N)cc2Br)CCOCC1. The lowest BCUT2D eigenvalue weighted by atomic mass is 9.82. The Bertz CT molecular complexity index is 391. The quantitative estimate of drug-likeness (QED) is 0.901. The van der Waals surface area contributed by atoms with Crippen molar-refractivity contribution < 1.29 is 4.74 Å². The Balaban J connectivity index is 1.97. The average molecular weight is 300 g/mol. The molecule has 0 atom stereocenters. The predicted octanol–water partition coefficient (Wildman–Crippen LogP) is 2.65. The molecule has 0 radical (unpaired) electrons. The molecule has 0 saturated carbocycles. The van der Waals surface area contributed by atoms with Gasteiger partial charge in [-0.2, -0.15) is 0 Å². The van der Waals surface area contributed by atoms with E-state index in [-0.39, 0.29) is 0 Å².